The molecule has 0 spiro atoms. The quantitative estimate of drug-likeness (QED) is 0.731. The van der Waals surface area contributed by atoms with E-state index in [9.17, 15) is 4.79 Å². The predicted octanol–water partition coefficient (Wildman–Crippen LogP) is 2.20. The van der Waals surface area contributed by atoms with Crippen LogP contribution in [0.1, 0.15) is 15.9 Å². The van der Waals surface area contributed by atoms with E-state index < -0.39 is 0 Å². The average Bonchev–Trinajstić information content (AvgIpc) is 2.70. The number of hydrogen-bond donors (Lipinski definition) is 1. The number of H-pyrrole nitrogens is 1. The fourth-order valence-corrected chi connectivity index (χ4v) is 1.48. The van der Waals surface area contributed by atoms with Gasteiger partial charge in [0.1, 0.15) is 0 Å². The van der Waals surface area contributed by atoms with Crippen molar-refractivity contribution in [2.24, 2.45) is 0 Å². The van der Waals surface area contributed by atoms with Crippen LogP contribution in [0.15, 0.2) is 30.7 Å². The lowest BCUT2D eigenvalue weighted by Gasteiger charge is -2.04. The van der Waals surface area contributed by atoms with E-state index in [-0.39, 0.29) is 0 Å². The fourth-order valence-electron chi connectivity index (χ4n) is 1.48. The number of imidazole rings is 1. The maximum Gasteiger partial charge on any atom is 0.150 e. The Bertz CT molecular complexity index is 446. The summed E-state index contributed by atoms with van der Waals surface area (Å²) in [7, 11) is 0. The maximum absolute atomic E-state index is 10.9. The van der Waals surface area contributed by atoms with Gasteiger partial charge in [-0.1, -0.05) is 18.2 Å². The molecule has 2 rings (SSSR count). The Morgan fingerprint density at radius 1 is 1.43 bits per heavy atom. The van der Waals surface area contributed by atoms with Crippen LogP contribution >= 0.6 is 0 Å². The third kappa shape index (κ3) is 1.33. The molecule has 0 saturated heterocycles. The monoisotopic (exact) mass is 186 g/mol. The molecule has 0 atom stereocenters. The van der Waals surface area contributed by atoms with Crippen molar-refractivity contribution < 1.29 is 4.79 Å². The van der Waals surface area contributed by atoms with Gasteiger partial charge in [-0.3, -0.25) is 4.79 Å². The van der Waals surface area contributed by atoms with Crippen LogP contribution in [0.2, 0.25) is 0 Å². The number of aromatic nitrogens is 2. The highest BCUT2D eigenvalue weighted by Gasteiger charge is 2.06. The average molecular weight is 186 g/mol. The molecule has 0 aliphatic carbocycles. The van der Waals surface area contributed by atoms with E-state index in [1.54, 1.807) is 12.5 Å². The van der Waals surface area contributed by atoms with Crippen molar-refractivity contribution in [2.45, 2.75) is 6.92 Å². The molecule has 1 aromatic carbocycles. The van der Waals surface area contributed by atoms with Crippen LogP contribution in [0.5, 0.6) is 0 Å². The van der Waals surface area contributed by atoms with E-state index in [1.807, 2.05) is 25.1 Å². The van der Waals surface area contributed by atoms with Gasteiger partial charge in [0, 0.05) is 11.1 Å². The number of nitrogens with one attached hydrogen (secondary N) is 1. The SMILES string of the molecule is Cc1cccc(-c2cnc[nH]2)c1C=O. The molecule has 1 N–H and O–H groups in total. The molecular formula is C11H10N2O. The molecule has 0 aliphatic heterocycles. The molecule has 14 heavy (non-hydrogen) atoms. The van der Waals surface area contributed by atoms with Crippen molar-refractivity contribution in [2.75, 3.05) is 0 Å². The van der Waals surface area contributed by atoms with Crippen LogP contribution in [0.3, 0.4) is 0 Å². The van der Waals surface area contributed by atoms with Crippen molar-refractivity contribution >= 4 is 6.29 Å². The van der Waals surface area contributed by atoms with E-state index in [0.717, 1.165) is 28.7 Å². The van der Waals surface area contributed by atoms with Crippen molar-refractivity contribution in [3.63, 3.8) is 0 Å². The number of aldehydes is 1. The summed E-state index contributed by atoms with van der Waals surface area (Å²) < 4.78 is 0. The predicted molar refractivity (Wildman–Crippen MR) is 54.1 cm³/mol. The number of rotatable bonds is 2. The van der Waals surface area contributed by atoms with Gasteiger partial charge >= 0.3 is 0 Å². The summed E-state index contributed by atoms with van der Waals surface area (Å²) in [6.45, 7) is 1.92. The lowest BCUT2D eigenvalue weighted by Crippen LogP contribution is -1.91. The Labute approximate surface area is 81.8 Å². The Balaban J connectivity index is 2.64. The van der Waals surface area contributed by atoms with Gasteiger partial charge in [-0.15, -0.1) is 0 Å². The van der Waals surface area contributed by atoms with E-state index in [1.165, 1.54) is 0 Å². The zero-order valence-corrected chi connectivity index (χ0v) is 7.82. The van der Waals surface area contributed by atoms with Gasteiger partial charge in [0.15, 0.2) is 6.29 Å². The third-order valence-corrected chi connectivity index (χ3v) is 2.23. The van der Waals surface area contributed by atoms with Gasteiger partial charge in [0.2, 0.25) is 0 Å². The van der Waals surface area contributed by atoms with Gasteiger partial charge in [0.25, 0.3) is 0 Å². The first-order valence-electron chi connectivity index (χ1n) is 4.36. The number of hydrogen-bond acceptors (Lipinski definition) is 2. The Morgan fingerprint density at radius 2 is 2.29 bits per heavy atom. The molecule has 3 nitrogen and oxygen atoms in total. The number of carbonyl (C=O) groups excluding carboxylic acids is 1. The number of benzene rings is 1. The van der Waals surface area contributed by atoms with Crippen molar-refractivity contribution in [1.82, 2.24) is 9.97 Å². The minimum atomic E-state index is 0.719. The molecule has 70 valence electrons. The minimum Gasteiger partial charge on any atom is -0.345 e. The number of aryl methyl sites for hydroxylation is 1. The number of nitrogens with zero attached hydrogens (tertiary/aromatic N) is 1. The van der Waals surface area contributed by atoms with Gasteiger partial charge in [-0.2, -0.15) is 0 Å². The Kier molecular flexibility index (Phi) is 2.14. The van der Waals surface area contributed by atoms with Gasteiger partial charge in [-0.25, -0.2) is 4.98 Å². The summed E-state index contributed by atoms with van der Waals surface area (Å²) in [6.07, 6.45) is 4.19. The molecule has 2 aromatic rings. The Morgan fingerprint density at radius 3 is 2.93 bits per heavy atom. The first-order chi connectivity index (χ1) is 6.83. The summed E-state index contributed by atoms with van der Waals surface area (Å²) >= 11 is 0. The molecule has 1 heterocycles. The highest BCUT2D eigenvalue weighted by atomic mass is 16.1. The molecule has 0 bridgehead atoms. The zero-order chi connectivity index (χ0) is 9.97. The maximum atomic E-state index is 10.9. The van der Waals surface area contributed by atoms with E-state index in [0.29, 0.717) is 0 Å². The van der Waals surface area contributed by atoms with Crippen molar-refractivity contribution in [3.8, 4) is 11.3 Å². The van der Waals surface area contributed by atoms with E-state index >= 15 is 0 Å². The minimum absolute atomic E-state index is 0.719. The second-order valence-electron chi connectivity index (χ2n) is 3.12. The standard InChI is InChI=1S/C11H10N2O/c1-8-3-2-4-9(10(8)6-14)11-5-12-7-13-11/h2-7H,1H3,(H,12,13). The molecule has 0 amide bonds. The van der Waals surface area contributed by atoms with Gasteiger partial charge in [-0.05, 0) is 12.5 Å². The van der Waals surface area contributed by atoms with Gasteiger partial charge < -0.3 is 4.98 Å². The molecule has 0 radical (unpaired) electrons. The molecule has 0 aliphatic rings. The van der Waals surface area contributed by atoms with Crippen LogP contribution in [-0.2, 0) is 0 Å². The van der Waals surface area contributed by atoms with Crippen molar-refractivity contribution in [1.29, 1.82) is 0 Å². The largest absolute Gasteiger partial charge is 0.345 e. The molecule has 0 unspecified atom stereocenters. The van der Waals surface area contributed by atoms with Crippen LogP contribution in [-0.4, -0.2) is 16.3 Å². The van der Waals surface area contributed by atoms with E-state index in [2.05, 4.69) is 9.97 Å². The molecule has 1 aromatic heterocycles. The second kappa shape index (κ2) is 3.46. The first kappa shape index (κ1) is 8.69. The molecular weight excluding hydrogens is 176 g/mol. The van der Waals surface area contributed by atoms with Crippen LogP contribution < -0.4 is 0 Å². The summed E-state index contributed by atoms with van der Waals surface area (Å²) in [5.74, 6) is 0. The number of carbonyl (C=O) groups is 1. The molecule has 0 saturated carbocycles. The summed E-state index contributed by atoms with van der Waals surface area (Å²) in [5.41, 5.74) is 3.47. The highest BCUT2D eigenvalue weighted by Crippen LogP contribution is 2.22. The molecule has 0 fully saturated rings. The normalized spacial score (nSPS) is 10.1. The topological polar surface area (TPSA) is 45.8 Å². The van der Waals surface area contributed by atoms with E-state index in [4.69, 9.17) is 0 Å². The van der Waals surface area contributed by atoms with Crippen molar-refractivity contribution in [3.05, 3.63) is 41.9 Å². The van der Waals surface area contributed by atoms with Crippen LogP contribution in [0, 0.1) is 6.92 Å². The summed E-state index contributed by atoms with van der Waals surface area (Å²) in [6, 6.07) is 5.76. The first-order valence-corrected chi connectivity index (χ1v) is 4.36. The van der Waals surface area contributed by atoms with Crippen LogP contribution in [0.4, 0.5) is 0 Å². The summed E-state index contributed by atoms with van der Waals surface area (Å²) in [5, 5.41) is 0. The third-order valence-electron chi connectivity index (χ3n) is 2.23. The molecule has 3 heteroatoms. The summed E-state index contributed by atoms with van der Waals surface area (Å²) in [4.78, 5) is 17.8. The fraction of sp³-hybridized carbons (Fsp3) is 0.0909. The lowest BCUT2D eigenvalue weighted by atomic mass is 10.0. The number of aromatic amines is 1. The highest BCUT2D eigenvalue weighted by molar-refractivity contribution is 5.88. The zero-order valence-electron chi connectivity index (χ0n) is 7.82. The van der Waals surface area contributed by atoms with Gasteiger partial charge in [0.05, 0.1) is 18.2 Å². The Hall–Kier alpha value is -1.90. The smallest absolute Gasteiger partial charge is 0.150 e. The lowest BCUT2D eigenvalue weighted by molar-refractivity contribution is 0.112. The van der Waals surface area contributed by atoms with Crippen LogP contribution in [0.25, 0.3) is 11.3 Å². The second-order valence-corrected chi connectivity index (χ2v) is 3.12.